The molecule has 2 aliphatic rings. The molecule has 0 spiro atoms. The van der Waals surface area contributed by atoms with Gasteiger partial charge in [-0.25, -0.2) is 0 Å². The summed E-state index contributed by atoms with van der Waals surface area (Å²) in [4.78, 5) is 15.6. The van der Waals surface area contributed by atoms with Gasteiger partial charge in [0.2, 0.25) is 0 Å². The smallest absolute Gasteiger partial charge is 0.334 e. The zero-order valence-electron chi connectivity index (χ0n) is 20.2. The summed E-state index contributed by atoms with van der Waals surface area (Å²) in [6, 6.07) is 5.41. The van der Waals surface area contributed by atoms with Crippen molar-refractivity contribution in [3.8, 4) is 0 Å². The normalized spacial score (nSPS) is 24.9. The highest BCUT2D eigenvalue weighted by atomic mass is 35.5. The van der Waals surface area contributed by atoms with Gasteiger partial charge in [0, 0.05) is 13.1 Å². The van der Waals surface area contributed by atoms with Gasteiger partial charge in [-0.2, -0.15) is 13.2 Å². The third-order valence-electron chi connectivity index (χ3n) is 7.97. The molecule has 1 heterocycles. The number of hydrogen-bond donors (Lipinski definition) is 0. The summed E-state index contributed by atoms with van der Waals surface area (Å²) < 4.78 is 41.3. The number of carbonyl (C=O) groups is 1. The van der Waals surface area contributed by atoms with Crippen LogP contribution in [0.4, 0.5) is 13.2 Å². The summed E-state index contributed by atoms with van der Waals surface area (Å²) in [5.41, 5.74) is 0.356. The Morgan fingerprint density at radius 2 is 1.77 bits per heavy atom. The third kappa shape index (κ3) is 4.46. The van der Waals surface area contributed by atoms with E-state index in [0.717, 1.165) is 25.3 Å². The van der Waals surface area contributed by atoms with Crippen molar-refractivity contribution in [2.75, 3.05) is 6.54 Å². The quantitative estimate of drug-likeness (QED) is 0.352. The SMILES string of the molecule is CC(C)c1c(Cl)c(Cl)c2c(c1Cl)C(=O)N(Cc1ccccc1C(F)(F)F)CC1C(C)CCCC21C. The molecule has 3 unspecified atom stereocenters. The first kappa shape index (κ1) is 26.6. The standard InChI is InChI=1S/C27H29Cl3F3NO/c1-14(2)19-22(28)20-21(24(30)23(19)29)26(4)11-7-8-15(3)18(26)13-34(25(20)35)12-16-9-5-6-10-17(16)27(31,32)33/h5-6,9-10,14-15,18H,7-8,11-13H2,1-4H3. The van der Waals surface area contributed by atoms with Gasteiger partial charge in [0.05, 0.1) is 26.2 Å². The third-order valence-corrected chi connectivity index (χ3v) is 9.23. The van der Waals surface area contributed by atoms with Crippen LogP contribution in [0.15, 0.2) is 24.3 Å². The fourth-order valence-corrected chi connectivity index (χ4v) is 7.53. The van der Waals surface area contributed by atoms with Crippen LogP contribution in [0, 0.1) is 11.8 Å². The molecule has 1 fully saturated rings. The molecule has 2 aromatic carbocycles. The maximum atomic E-state index is 14.1. The first-order valence-electron chi connectivity index (χ1n) is 11.9. The topological polar surface area (TPSA) is 20.3 Å². The largest absolute Gasteiger partial charge is 0.416 e. The molecule has 1 amide bonds. The van der Waals surface area contributed by atoms with E-state index in [1.165, 1.54) is 17.0 Å². The molecule has 1 aliphatic carbocycles. The molecule has 0 N–H and O–H groups in total. The van der Waals surface area contributed by atoms with E-state index in [0.29, 0.717) is 27.7 Å². The molecule has 3 atom stereocenters. The number of carbonyl (C=O) groups excluding carboxylic acids is 1. The maximum Gasteiger partial charge on any atom is 0.416 e. The average Bonchev–Trinajstić information content (AvgIpc) is 2.86. The second kappa shape index (κ2) is 9.46. The van der Waals surface area contributed by atoms with Crippen molar-refractivity contribution in [3.63, 3.8) is 0 Å². The van der Waals surface area contributed by atoms with Crippen LogP contribution in [0.5, 0.6) is 0 Å². The Kier molecular flexibility index (Phi) is 7.20. The van der Waals surface area contributed by atoms with Gasteiger partial charge < -0.3 is 4.90 Å². The number of benzene rings is 2. The predicted octanol–water partition coefficient (Wildman–Crippen LogP) is 9.14. The van der Waals surface area contributed by atoms with Crippen LogP contribution in [0.25, 0.3) is 0 Å². The maximum absolute atomic E-state index is 14.1. The van der Waals surface area contributed by atoms with Crippen molar-refractivity contribution in [2.24, 2.45) is 11.8 Å². The Morgan fingerprint density at radius 1 is 1.11 bits per heavy atom. The van der Waals surface area contributed by atoms with Gasteiger partial charge in [-0.3, -0.25) is 4.79 Å². The minimum absolute atomic E-state index is 0.00553. The van der Waals surface area contributed by atoms with Crippen molar-refractivity contribution in [1.82, 2.24) is 4.90 Å². The Labute approximate surface area is 219 Å². The number of rotatable bonds is 3. The summed E-state index contributed by atoms with van der Waals surface area (Å²) in [5, 5.41) is 0.943. The van der Waals surface area contributed by atoms with Crippen LogP contribution in [-0.2, 0) is 18.1 Å². The predicted molar refractivity (Wildman–Crippen MR) is 136 cm³/mol. The molecular formula is C27H29Cl3F3NO. The van der Waals surface area contributed by atoms with E-state index in [4.69, 9.17) is 34.8 Å². The van der Waals surface area contributed by atoms with Crippen molar-refractivity contribution < 1.29 is 18.0 Å². The fourth-order valence-electron chi connectivity index (χ4n) is 6.18. The van der Waals surface area contributed by atoms with Gasteiger partial charge in [-0.15, -0.1) is 0 Å². The van der Waals surface area contributed by atoms with Crippen molar-refractivity contribution >= 4 is 40.7 Å². The average molecular weight is 547 g/mol. The lowest BCUT2D eigenvalue weighted by Gasteiger charge is -2.46. The Morgan fingerprint density at radius 3 is 2.40 bits per heavy atom. The van der Waals surface area contributed by atoms with E-state index >= 15 is 0 Å². The first-order chi connectivity index (χ1) is 16.3. The second-order valence-electron chi connectivity index (χ2n) is 10.5. The van der Waals surface area contributed by atoms with E-state index < -0.39 is 23.1 Å². The molecule has 2 nitrogen and oxygen atoms in total. The zero-order chi connectivity index (χ0) is 25.9. The summed E-state index contributed by atoms with van der Waals surface area (Å²) in [6.07, 6.45) is -1.80. The van der Waals surface area contributed by atoms with Gasteiger partial charge in [-0.1, -0.05) is 93.5 Å². The lowest BCUT2D eigenvalue weighted by Crippen LogP contribution is -2.44. The van der Waals surface area contributed by atoms with Crippen molar-refractivity contribution in [1.29, 1.82) is 0 Å². The van der Waals surface area contributed by atoms with Crippen LogP contribution in [0.3, 0.4) is 0 Å². The van der Waals surface area contributed by atoms with E-state index in [9.17, 15) is 18.0 Å². The van der Waals surface area contributed by atoms with Gasteiger partial charge >= 0.3 is 6.18 Å². The summed E-state index contributed by atoms with van der Waals surface area (Å²) in [5.74, 6) is -0.257. The molecule has 35 heavy (non-hydrogen) atoms. The molecule has 0 radical (unpaired) electrons. The molecule has 2 aromatic rings. The van der Waals surface area contributed by atoms with E-state index in [1.807, 2.05) is 13.8 Å². The minimum Gasteiger partial charge on any atom is -0.334 e. The molecule has 1 aliphatic heterocycles. The lowest BCUT2D eigenvalue weighted by molar-refractivity contribution is -0.138. The molecule has 0 aromatic heterocycles. The number of fused-ring (bicyclic) bond motifs is 3. The Hall–Kier alpha value is -1.43. The molecule has 4 rings (SSSR count). The number of halogens is 6. The van der Waals surface area contributed by atoms with Crippen LogP contribution < -0.4 is 0 Å². The van der Waals surface area contributed by atoms with Crippen LogP contribution in [0.2, 0.25) is 15.1 Å². The van der Waals surface area contributed by atoms with E-state index in [1.54, 1.807) is 6.07 Å². The highest BCUT2D eigenvalue weighted by Crippen LogP contribution is 2.55. The second-order valence-corrected chi connectivity index (χ2v) is 11.6. The molecule has 0 bridgehead atoms. The Balaban J connectivity index is 1.95. The van der Waals surface area contributed by atoms with Gasteiger partial charge in [0.25, 0.3) is 5.91 Å². The minimum atomic E-state index is -4.52. The fraction of sp³-hybridized carbons (Fsp3) is 0.519. The molecule has 8 heteroatoms. The highest BCUT2D eigenvalue weighted by molar-refractivity contribution is 6.46. The van der Waals surface area contributed by atoms with E-state index in [-0.39, 0.29) is 40.4 Å². The van der Waals surface area contributed by atoms with Gasteiger partial charge in [-0.05, 0) is 52.3 Å². The summed E-state index contributed by atoms with van der Waals surface area (Å²) in [6.45, 7) is 8.22. The Bertz CT molecular complexity index is 1160. The summed E-state index contributed by atoms with van der Waals surface area (Å²) >= 11 is 20.5. The molecule has 190 valence electrons. The number of alkyl halides is 3. The van der Waals surface area contributed by atoms with Gasteiger partial charge in [0.1, 0.15) is 0 Å². The van der Waals surface area contributed by atoms with Crippen LogP contribution in [0.1, 0.15) is 85.5 Å². The van der Waals surface area contributed by atoms with Crippen molar-refractivity contribution in [3.05, 3.63) is 67.2 Å². The first-order valence-corrected chi connectivity index (χ1v) is 13.1. The molecule has 0 saturated heterocycles. The zero-order valence-corrected chi connectivity index (χ0v) is 22.5. The van der Waals surface area contributed by atoms with E-state index in [2.05, 4.69) is 13.8 Å². The lowest BCUT2D eigenvalue weighted by atomic mass is 9.59. The monoisotopic (exact) mass is 545 g/mol. The number of nitrogens with zero attached hydrogens (tertiary/aromatic N) is 1. The number of amides is 1. The highest BCUT2D eigenvalue weighted by Gasteiger charge is 2.50. The van der Waals surface area contributed by atoms with Gasteiger partial charge in [0.15, 0.2) is 0 Å². The van der Waals surface area contributed by atoms with Crippen LogP contribution >= 0.6 is 34.8 Å². The summed E-state index contributed by atoms with van der Waals surface area (Å²) in [7, 11) is 0. The molecular weight excluding hydrogens is 518 g/mol. The number of hydrogen-bond acceptors (Lipinski definition) is 1. The van der Waals surface area contributed by atoms with Crippen LogP contribution in [-0.4, -0.2) is 17.4 Å². The van der Waals surface area contributed by atoms with Crippen molar-refractivity contribution in [2.45, 2.75) is 71.0 Å². The molecule has 1 saturated carbocycles.